The third-order valence-electron chi connectivity index (χ3n) is 7.54. The van der Waals surface area contributed by atoms with Crippen molar-refractivity contribution in [3.8, 4) is 28.4 Å². The summed E-state index contributed by atoms with van der Waals surface area (Å²) >= 11 is 0. The van der Waals surface area contributed by atoms with Gasteiger partial charge in [0.2, 0.25) is 11.5 Å². The lowest BCUT2D eigenvalue weighted by molar-refractivity contribution is 0.199. The summed E-state index contributed by atoms with van der Waals surface area (Å²) in [7, 11) is 0. The molecule has 9 nitrogen and oxygen atoms in total. The Morgan fingerprint density at radius 2 is 1.54 bits per heavy atom. The molecule has 1 fully saturated rings. The van der Waals surface area contributed by atoms with E-state index in [1.165, 1.54) is 5.56 Å². The first-order chi connectivity index (χ1) is 19.1. The van der Waals surface area contributed by atoms with Gasteiger partial charge in [0.15, 0.2) is 5.52 Å². The average molecular weight is 517 g/mol. The van der Waals surface area contributed by atoms with Crippen LogP contribution in [0.5, 0.6) is 5.88 Å². The number of aromatic hydroxyl groups is 1. The van der Waals surface area contributed by atoms with Crippen molar-refractivity contribution in [3.05, 3.63) is 84.4 Å². The van der Waals surface area contributed by atoms with Gasteiger partial charge in [-0.1, -0.05) is 66.7 Å². The number of carbonyl (C=O) groups excluding carboxylic acids is 1. The largest absolute Gasteiger partial charge is 0.492 e. The van der Waals surface area contributed by atoms with Crippen LogP contribution in [0, 0.1) is 0 Å². The first-order valence-corrected chi connectivity index (χ1v) is 13.1. The van der Waals surface area contributed by atoms with Crippen molar-refractivity contribution in [1.29, 1.82) is 0 Å². The van der Waals surface area contributed by atoms with Crippen LogP contribution in [0.4, 0.5) is 16.2 Å². The second kappa shape index (κ2) is 9.52. The highest BCUT2D eigenvalue weighted by molar-refractivity contribution is 6.04. The minimum atomic E-state index is -0.147. The molecule has 2 aliphatic rings. The fourth-order valence-corrected chi connectivity index (χ4v) is 5.56. The number of rotatable bonds is 5. The van der Waals surface area contributed by atoms with Crippen LogP contribution in [-0.2, 0) is 6.54 Å². The van der Waals surface area contributed by atoms with E-state index >= 15 is 0 Å². The maximum Gasteiger partial charge on any atom is 0.348 e. The lowest BCUT2D eigenvalue weighted by atomic mass is 10.0. The van der Waals surface area contributed by atoms with Gasteiger partial charge in [0, 0.05) is 36.8 Å². The Balaban J connectivity index is 1.07. The Labute approximate surface area is 225 Å². The molecule has 0 spiro atoms. The highest BCUT2D eigenvalue weighted by Crippen LogP contribution is 2.36. The Hall–Kier alpha value is -4.76. The number of anilines is 1. The fourth-order valence-electron chi connectivity index (χ4n) is 5.56. The van der Waals surface area contributed by atoms with Crippen LogP contribution in [0.1, 0.15) is 18.4 Å². The van der Waals surface area contributed by atoms with Gasteiger partial charge in [-0.15, -0.1) is 0 Å². The van der Waals surface area contributed by atoms with E-state index in [0.29, 0.717) is 22.6 Å². The van der Waals surface area contributed by atoms with E-state index in [4.69, 9.17) is 9.97 Å². The summed E-state index contributed by atoms with van der Waals surface area (Å²) in [6, 6.07) is 26.0. The predicted molar refractivity (Wildman–Crippen MR) is 149 cm³/mol. The lowest BCUT2D eigenvalue weighted by Crippen LogP contribution is -2.46. The van der Waals surface area contributed by atoms with Crippen LogP contribution in [-0.4, -0.2) is 55.3 Å². The van der Waals surface area contributed by atoms with Gasteiger partial charge in [-0.05, 0) is 30.5 Å². The molecule has 0 bridgehead atoms. The summed E-state index contributed by atoms with van der Waals surface area (Å²) in [6.07, 6.45) is 1.83. The van der Waals surface area contributed by atoms with Crippen molar-refractivity contribution in [1.82, 2.24) is 30.4 Å². The quantitative estimate of drug-likeness (QED) is 0.331. The maximum atomic E-state index is 12.6. The van der Waals surface area contributed by atoms with E-state index < -0.39 is 0 Å². The lowest BCUT2D eigenvalue weighted by Gasteiger charge is -2.36. The van der Waals surface area contributed by atoms with Crippen LogP contribution in [0.15, 0.2) is 78.9 Å². The molecule has 2 N–H and O–H groups in total. The zero-order valence-electron chi connectivity index (χ0n) is 21.2. The zero-order chi connectivity index (χ0) is 26.3. The second-order valence-electron chi connectivity index (χ2n) is 9.99. The fraction of sp³-hybridized carbons (Fsp3) is 0.200. The van der Waals surface area contributed by atoms with Gasteiger partial charge in [0.05, 0.1) is 22.8 Å². The molecule has 0 unspecified atom stereocenters. The van der Waals surface area contributed by atoms with E-state index in [1.807, 2.05) is 59.5 Å². The van der Waals surface area contributed by atoms with Crippen LogP contribution in [0.3, 0.4) is 0 Å². The number of aromatic nitrogens is 4. The summed E-state index contributed by atoms with van der Waals surface area (Å²) < 4.78 is 0. The van der Waals surface area contributed by atoms with Crippen molar-refractivity contribution in [2.75, 3.05) is 18.0 Å². The molecule has 5 aromatic rings. The number of fused-ring (bicyclic) bond motifs is 2. The molecule has 39 heavy (non-hydrogen) atoms. The molecule has 0 aliphatic carbocycles. The molecular formula is C30H26N7O2. The van der Waals surface area contributed by atoms with Crippen LogP contribution < -0.4 is 10.2 Å². The first-order valence-electron chi connectivity index (χ1n) is 13.1. The molecule has 7 rings (SSSR count). The average Bonchev–Trinajstić information content (AvgIpc) is 3.52. The van der Waals surface area contributed by atoms with Gasteiger partial charge >= 0.3 is 6.03 Å². The number of nitrogens with zero attached hydrogens (tertiary/aromatic N) is 6. The number of H-pyrrole nitrogens is 1. The Bertz CT molecular complexity index is 1660. The summed E-state index contributed by atoms with van der Waals surface area (Å²) in [6.45, 7) is 2.67. The number of benzene rings is 3. The Morgan fingerprint density at radius 1 is 0.846 bits per heavy atom. The Kier molecular flexibility index (Phi) is 5.70. The molecule has 1 saturated heterocycles. The van der Waals surface area contributed by atoms with E-state index in [2.05, 4.69) is 44.7 Å². The van der Waals surface area contributed by atoms with Crippen molar-refractivity contribution < 1.29 is 9.90 Å². The number of hydrogen-bond donors (Lipinski definition) is 2. The summed E-state index contributed by atoms with van der Waals surface area (Å²) in [5, 5.41) is 21.0. The van der Waals surface area contributed by atoms with Gasteiger partial charge in [-0.2, -0.15) is 10.4 Å². The third kappa shape index (κ3) is 4.26. The number of likely N-dealkylation sites (tertiary alicyclic amines) is 1. The SMILES string of the molecule is O=C1[N]c2ccccc2N1C1CCN(Cc2ccc(-c3nc4n[nH]c(O)c4nc3-c3ccccc3)cc2)CC1. The zero-order valence-corrected chi connectivity index (χ0v) is 21.2. The third-order valence-corrected chi connectivity index (χ3v) is 7.54. The molecule has 0 atom stereocenters. The second-order valence-corrected chi connectivity index (χ2v) is 9.99. The number of aromatic amines is 1. The number of piperidine rings is 1. The molecule has 193 valence electrons. The minimum absolute atomic E-state index is 0.0898. The maximum absolute atomic E-state index is 12.6. The monoisotopic (exact) mass is 516 g/mol. The summed E-state index contributed by atoms with van der Waals surface area (Å²) in [4.78, 5) is 26.3. The number of para-hydroxylation sites is 2. The smallest absolute Gasteiger partial charge is 0.348 e. The van der Waals surface area contributed by atoms with E-state index in [0.717, 1.165) is 55.0 Å². The topological polar surface area (TPSA) is 112 Å². The van der Waals surface area contributed by atoms with Crippen LogP contribution in [0.25, 0.3) is 33.7 Å². The molecule has 2 amide bonds. The highest BCUT2D eigenvalue weighted by Gasteiger charge is 2.35. The van der Waals surface area contributed by atoms with E-state index in [1.54, 1.807) is 0 Å². The highest BCUT2D eigenvalue weighted by atomic mass is 16.3. The molecule has 1 radical (unpaired) electrons. The number of carbonyl (C=O) groups is 1. The predicted octanol–water partition coefficient (Wildman–Crippen LogP) is 5.23. The van der Waals surface area contributed by atoms with Crippen molar-refractivity contribution in [3.63, 3.8) is 0 Å². The normalized spacial score (nSPS) is 16.0. The van der Waals surface area contributed by atoms with Gasteiger partial charge < -0.3 is 5.11 Å². The molecule has 0 saturated carbocycles. The first kappa shape index (κ1) is 23.4. The number of hydrogen-bond acceptors (Lipinski definition) is 6. The van der Waals surface area contributed by atoms with Gasteiger partial charge in [-0.25, -0.2) is 19.9 Å². The van der Waals surface area contributed by atoms with Crippen LogP contribution >= 0.6 is 0 Å². The van der Waals surface area contributed by atoms with E-state index in [9.17, 15) is 9.90 Å². The molecule has 4 heterocycles. The molecule has 2 aliphatic heterocycles. The summed E-state index contributed by atoms with van der Waals surface area (Å²) in [5.74, 6) is -0.0898. The van der Waals surface area contributed by atoms with Gasteiger partial charge in [-0.3, -0.25) is 9.80 Å². The standard InChI is InChI=1S/C30H26N7O2/c38-29-27-28(34-35-29)33-26(25(32-27)20-6-2-1-3-7-20)21-12-10-19(11-13-21)18-36-16-14-22(15-17-36)37-24-9-5-4-8-23(24)31-30(37)39/h1-13,22H,14-18H2,(H2,33,34,35,38). The van der Waals surface area contributed by atoms with Gasteiger partial charge in [0.25, 0.3) is 0 Å². The minimum Gasteiger partial charge on any atom is -0.492 e. The molecular weight excluding hydrogens is 490 g/mol. The molecule has 3 aromatic carbocycles. The van der Waals surface area contributed by atoms with Crippen molar-refractivity contribution >= 4 is 28.6 Å². The van der Waals surface area contributed by atoms with Crippen LogP contribution in [0.2, 0.25) is 0 Å². The number of nitrogens with one attached hydrogen (secondary N) is 1. The Morgan fingerprint density at radius 3 is 2.33 bits per heavy atom. The number of amides is 2. The van der Waals surface area contributed by atoms with Crippen molar-refractivity contribution in [2.45, 2.75) is 25.4 Å². The molecule has 2 aromatic heterocycles. The van der Waals surface area contributed by atoms with Crippen molar-refractivity contribution in [2.24, 2.45) is 0 Å². The van der Waals surface area contributed by atoms with Gasteiger partial charge in [0.1, 0.15) is 0 Å². The summed E-state index contributed by atoms with van der Waals surface area (Å²) in [5.41, 5.74) is 6.90. The number of urea groups is 1. The molecule has 9 heteroatoms. The van der Waals surface area contributed by atoms with E-state index in [-0.39, 0.29) is 18.0 Å².